The topological polar surface area (TPSA) is 83.8 Å². The summed E-state index contributed by atoms with van der Waals surface area (Å²) in [7, 11) is 0. The van der Waals surface area contributed by atoms with Crippen molar-refractivity contribution < 1.29 is 14.3 Å². The van der Waals surface area contributed by atoms with Crippen LogP contribution in [0.2, 0.25) is 0 Å². The van der Waals surface area contributed by atoms with Gasteiger partial charge in [-0.15, -0.1) is 5.10 Å². The van der Waals surface area contributed by atoms with Crippen molar-refractivity contribution in [3.8, 4) is 0 Å². The zero-order valence-electron chi connectivity index (χ0n) is 25.6. The molecule has 2 aromatic carbocycles. The van der Waals surface area contributed by atoms with E-state index in [0.29, 0.717) is 38.2 Å². The number of halogens is 1. The van der Waals surface area contributed by atoms with Gasteiger partial charge in [0.15, 0.2) is 0 Å². The predicted octanol–water partition coefficient (Wildman–Crippen LogP) is 5.99. The number of aromatic nitrogens is 3. The van der Waals surface area contributed by atoms with Gasteiger partial charge in [0.1, 0.15) is 5.60 Å². The molecule has 1 saturated heterocycles. The lowest BCUT2D eigenvalue weighted by molar-refractivity contribution is 0.0264. The molecule has 0 spiro atoms. The van der Waals surface area contributed by atoms with Crippen molar-refractivity contribution in [2.45, 2.75) is 85.2 Å². The van der Waals surface area contributed by atoms with Crippen molar-refractivity contribution in [3.63, 3.8) is 0 Å². The highest BCUT2D eigenvalue weighted by Gasteiger charge is 2.34. The number of benzene rings is 2. The third-order valence-electron chi connectivity index (χ3n) is 8.19. The van der Waals surface area contributed by atoms with E-state index in [9.17, 15) is 9.59 Å². The van der Waals surface area contributed by atoms with Gasteiger partial charge < -0.3 is 9.64 Å². The van der Waals surface area contributed by atoms with Crippen LogP contribution in [0.4, 0.5) is 10.5 Å². The van der Waals surface area contributed by atoms with Gasteiger partial charge in [-0.05, 0) is 95.8 Å². The van der Waals surface area contributed by atoms with Crippen LogP contribution in [0.25, 0.3) is 0 Å². The third kappa shape index (κ3) is 6.39. The fraction of sp³-hybridized carbons (Fsp3) is 0.500. The minimum atomic E-state index is -0.556. The molecular weight excluding hydrogens is 596 g/mol. The van der Waals surface area contributed by atoms with Gasteiger partial charge in [0.05, 0.1) is 23.6 Å². The number of amides is 2. The molecule has 3 heterocycles. The van der Waals surface area contributed by atoms with Gasteiger partial charge in [-0.3, -0.25) is 14.6 Å². The molecule has 2 aliphatic heterocycles. The Morgan fingerprint density at radius 3 is 2.48 bits per heavy atom. The SMILES string of the molecule is Cc1cc([C@H](C)n2cc(CN3[C@H](C)CN(C(=O)c4ccc5c(c4)CCN5C(=O)OC(C)(C)C)C[C@@H]3C)nn2)ccc1Br. The van der Waals surface area contributed by atoms with Crippen molar-refractivity contribution in [2.75, 3.05) is 24.5 Å². The normalized spacial score (nSPS) is 20.0. The molecule has 3 aromatic rings. The van der Waals surface area contributed by atoms with E-state index in [1.54, 1.807) is 4.90 Å². The van der Waals surface area contributed by atoms with Gasteiger partial charge >= 0.3 is 6.09 Å². The number of piperazine rings is 1. The van der Waals surface area contributed by atoms with E-state index in [0.717, 1.165) is 21.4 Å². The van der Waals surface area contributed by atoms with E-state index in [1.165, 1.54) is 11.1 Å². The quantitative estimate of drug-likeness (QED) is 0.342. The van der Waals surface area contributed by atoms with E-state index in [1.807, 2.05) is 54.7 Å². The molecule has 3 atom stereocenters. The Morgan fingerprint density at radius 2 is 1.81 bits per heavy atom. The van der Waals surface area contributed by atoms with Gasteiger partial charge in [0, 0.05) is 48.3 Å². The molecule has 9 nitrogen and oxygen atoms in total. The largest absolute Gasteiger partial charge is 0.443 e. The van der Waals surface area contributed by atoms with Crippen molar-refractivity contribution in [3.05, 3.63) is 75.0 Å². The lowest BCUT2D eigenvalue weighted by atomic mass is 10.0. The number of hydrogen-bond donors (Lipinski definition) is 0. The zero-order valence-corrected chi connectivity index (χ0v) is 27.2. The minimum absolute atomic E-state index is 0.0245. The number of carbonyl (C=O) groups excluding carboxylic acids is 2. The van der Waals surface area contributed by atoms with Crippen LogP contribution < -0.4 is 4.90 Å². The lowest BCUT2D eigenvalue weighted by Crippen LogP contribution is -2.57. The molecule has 0 radical (unpaired) electrons. The highest BCUT2D eigenvalue weighted by molar-refractivity contribution is 9.10. The van der Waals surface area contributed by atoms with Crippen LogP contribution in [-0.2, 0) is 17.7 Å². The maximum Gasteiger partial charge on any atom is 0.414 e. The Kier molecular flexibility index (Phi) is 8.49. The second kappa shape index (κ2) is 11.8. The molecule has 224 valence electrons. The summed E-state index contributed by atoms with van der Waals surface area (Å²) in [5.41, 5.74) is 5.23. The molecular formula is C32H41BrN6O3. The first kappa shape index (κ1) is 30.2. The van der Waals surface area contributed by atoms with E-state index in [2.05, 4.69) is 77.0 Å². The number of anilines is 1. The van der Waals surface area contributed by atoms with Crippen LogP contribution in [0.1, 0.15) is 80.3 Å². The van der Waals surface area contributed by atoms with Gasteiger partial charge in [-0.2, -0.15) is 0 Å². The Labute approximate surface area is 256 Å². The summed E-state index contributed by atoms with van der Waals surface area (Å²) < 4.78 is 8.58. The Balaban J connectivity index is 1.22. The first-order valence-corrected chi connectivity index (χ1v) is 15.4. The fourth-order valence-corrected chi connectivity index (χ4v) is 6.15. The van der Waals surface area contributed by atoms with Gasteiger partial charge in [0.25, 0.3) is 5.91 Å². The van der Waals surface area contributed by atoms with Crippen molar-refractivity contribution in [1.82, 2.24) is 24.8 Å². The van der Waals surface area contributed by atoms with Crippen LogP contribution in [-0.4, -0.2) is 74.1 Å². The second-order valence-electron chi connectivity index (χ2n) is 12.7. The summed E-state index contributed by atoms with van der Waals surface area (Å²) in [6.07, 6.45) is 2.39. The standard InChI is InChI=1S/C32H41BrN6O3/c1-20-14-24(8-10-28(20)33)23(4)39-19-27(34-35-39)18-38-21(2)16-36(17-22(38)3)30(40)26-9-11-29-25(15-26)12-13-37(29)31(41)42-32(5,6)7/h8-11,14-15,19,21-23H,12-13,16-18H2,1-7H3/t21-,22+,23-/m0/s1. The number of carbonyl (C=O) groups is 2. The molecule has 0 N–H and O–H groups in total. The van der Waals surface area contributed by atoms with Crippen LogP contribution in [0, 0.1) is 6.92 Å². The summed E-state index contributed by atoms with van der Waals surface area (Å²) in [4.78, 5) is 32.3. The minimum Gasteiger partial charge on any atom is -0.443 e. The van der Waals surface area contributed by atoms with Gasteiger partial charge in [-0.25, -0.2) is 9.48 Å². The van der Waals surface area contributed by atoms with Crippen LogP contribution in [0.15, 0.2) is 47.1 Å². The maximum absolute atomic E-state index is 13.6. The molecule has 1 fully saturated rings. The lowest BCUT2D eigenvalue weighted by Gasteiger charge is -2.44. The number of fused-ring (bicyclic) bond motifs is 1. The summed E-state index contributed by atoms with van der Waals surface area (Å²) in [5, 5.41) is 8.92. The molecule has 1 aromatic heterocycles. The smallest absolute Gasteiger partial charge is 0.414 e. The van der Waals surface area contributed by atoms with E-state index >= 15 is 0 Å². The molecule has 0 aliphatic carbocycles. The van der Waals surface area contributed by atoms with Gasteiger partial charge in [-0.1, -0.05) is 33.3 Å². The molecule has 0 saturated carbocycles. The average Bonchev–Trinajstić information content (AvgIpc) is 3.57. The third-order valence-corrected chi connectivity index (χ3v) is 9.08. The molecule has 42 heavy (non-hydrogen) atoms. The van der Waals surface area contributed by atoms with Gasteiger partial charge in [0.2, 0.25) is 0 Å². The summed E-state index contributed by atoms with van der Waals surface area (Å²) >= 11 is 3.58. The maximum atomic E-state index is 13.6. The van der Waals surface area contributed by atoms with Crippen LogP contribution >= 0.6 is 15.9 Å². The second-order valence-corrected chi connectivity index (χ2v) is 13.5. The predicted molar refractivity (Wildman–Crippen MR) is 167 cm³/mol. The molecule has 5 rings (SSSR count). The number of nitrogens with zero attached hydrogens (tertiary/aromatic N) is 6. The molecule has 2 aliphatic rings. The Bertz CT molecular complexity index is 1470. The number of ether oxygens (including phenoxy) is 1. The zero-order chi connectivity index (χ0) is 30.3. The van der Waals surface area contributed by atoms with E-state index < -0.39 is 5.60 Å². The van der Waals surface area contributed by atoms with Crippen LogP contribution in [0.3, 0.4) is 0 Å². The fourth-order valence-electron chi connectivity index (χ4n) is 5.90. The first-order valence-electron chi connectivity index (χ1n) is 14.7. The monoisotopic (exact) mass is 636 g/mol. The summed E-state index contributed by atoms with van der Waals surface area (Å²) in [6, 6.07) is 12.4. The van der Waals surface area contributed by atoms with E-state index in [4.69, 9.17) is 4.74 Å². The Hall–Kier alpha value is -3.24. The van der Waals surface area contributed by atoms with Crippen LogP contribution in [0.5, 0.6) is 0 Å². The highest BCUT2D eigenvalue weighted by atomic mass is 79.9. The summed E-state index contributed by atoms with van der Waals surface area (Å²) in [5.74, 6) is 0.0245. The molecule has 2 amide bonds. The number of rotatable bonds is 5. The highest BCUT2D eigenvalue weighted by Crippen LogP contribution is 2.31. The molecule has 0 unspecified atom stereocenters. The number of aryl methyl sites for hydroxylation is 1. The van der Waals surface area contributed by atoms with E-state index in [-0.39, 0.29) is 30.1 Å². The number of hydrogen-bond acceptors (Lipinski definition) is 6. The molecule has 10 heteroatoms. The summed E-state index contributed by atoms with van der Waals surface area (Å²) in [6.45, 7) is 16.6. The Morgan fingerprint density at radius 1 is 1.10 bits per heavy atom. The average molecular weight is 638 g/mol. The van der Waals surface area contributed by atoms with Crippen molar-refractivity contribution >= 4 is 33.6 Å². The molecule has 0 bridgehead atoms. The van der Waals surface area contributed by atoms with Crippen molar-refractivity contribution in [2.24, 2.45) is 0 Å². The first-order chi connectivity index (χ1) is 19.8. The van der Waals surface area contributed by atoms with Crippen molar-refractivity contribution in [1.29, 1.82) is 0 Å².